The van der Waals surface area contributed by atoms with Gasteiger partial charge in [-0.3, -0.25) is 5.10 Å². The number of aryl methyl sites for hydroxylation is 1. The minimum atomic E-state index is -1.07. The molecule has 2 N–H and O–H groups in total. The van der Waals surface area contributed by atoms with Crippen molar-refractivity contribution in [1.82, 2.24) is 15.2 Å². The van der Waals surface area contributed by atoms with E-state index in [1.54, 1.807) is 13.0 Å². The van der Waals surface area contributed by atoms with Gasteiger partial charge in [-0.05, 0) is 56.6 Å². The summed E-state index contributed by atoms with van der Waals surface area (Å²) in [6.45, 7) is 1.74. The van der Waals surface area contributed by atoms with E-state index >= 15 is 0 Å². The Labute approximate surface area is 128 Å². The molecule has 0 saturated heterocycles. The van der Waals surface area contributed by atoms with Crippen molar-refractivity contribution in [3.05, 3.63) is 31.7 Å². The molecule has 2 aromatic rings. The molecule has 0 atom stereocenters. The van der Waals surface area contributed by atoms with Crippen molar-refractivity contribution in [2.45, 2.75) is 12.1 Å². The first-order valence-corrected chi connectivity index (χ1v) is 7.32. The first-order chi connectivity index (χ1) is 8.95. The molecule has 0 aliphatic carbocycles. The smallest absolute Gasteiger partial charge is 0.342 e. The van der Waals surface area contributed by atoms with E-state index in [0.29, 0.717) is 25.9 Å². The normalized spacial score (nSPS) is 11.8. The van der Waals surface area contributed by atoms with Crippen molar-refractivity contribution in [1.29, 1.82) is 0 Å². The molecule has 0 aromatic carbocycles. The second-order valence-electron chi connectivity index (χ2n) is 3.39. The number of nitrogens with one attached hydrogen (secondary N) is 1. The molecule has 9 heteroatoms. The van der Waals surface area contributed by atoms with E-state index < -0.39 is 5.97 Å². The second-order valence-corrected chi connectivity index (χ2v) is 5.97. The van der Waals surface area contributed by atoms with Crippen LogP contribution >= 0.6 is 43.6 Å². The average Bonchev–Trinajstić information content (AvgIpc) is 2.85. The molecule has 0 aliphatic rings. The molecule has 2 heterocycles. The molecule has 19 heavy (non-hydrogen) atoms. The number of rotatable bonds is 4. The zero-order valence-electron chi connectivity index (χ0n) is 9.48. The minimum absolute atomic E-state index is 0.0627. The fourth-order valence-corrected chi connectivity index (χ4v) is 2.51. The van der Waals surface area contributed by atoms with Crippen LogP contribution in [0.5, 0.6) is 0 Å². The van der Waals surface area contributed by atoms with Crippen LogP contribution in [0.1, 0.15) is 11.6 Å². The third-order valence-electron chi connectivity index (χ3n) is 1.93. The third-order valence-corrected chi connectivity index (χ3v) is 4.51. The van der Waals surface area contributed by atoms with Crippen LogP contribution in [0, 0.1) is 6.92 Å². The van der Waals surface area contributed by atoms with Gasteiger partial charge < -0.3 is 9.52 Å². The van der Waals surface area contributed by atoms with Crippen molar-refractivity contribution >= 4 is 55.7 Å². The van der Waals surface area contributed by atoms with Crippen LogP contribution < -0.4 is 0 Å². The van der Waals surface area contributed by atoms with Crippen LogP contribution in [0.3, 0.4) is 0 Å². The highest BCUT2D eigenvalue weighted by molar-refractivity contribution is 9.13. The van der Waals surface area contributed by atoms with Gasteiger partial charge in [0.25, 0.3) is 0 Å². The second kappa shape index (κ2) is 5.93. The summed E-state index contributed by atoms with van der Waals surface area (Å²) in [5.41, 5.74) is 0. The lowest BCUT2D eigenvalue weighted by Crippen LogP contribution is -1.97. The van der Waals surface area contributed by atoms with Gasteiger partial charge in [0, 0.05) is 6.08 Å². The summed E-state index contributed by atoms with van der Waals surface area (Å²) in [6, 6.07) is 1.66. The van der Waals surface area contributed by atoms with Gasteiger partial charge in [-0.15, -0.1) is 5.10 Å². The number of aromatic nitrogens is 3. The van der Waals surface area contributed by atoms with Crippen LogP contribution in [0.4, 0.5) is 0 Å². The predicted molar refractivity (Wildman–Crippen MR) is 76.7 cm³/mol. The molecule has 0 bridgehead atoms. The number of halogens is 2. The van der Waals surface area contributed by atoms with Gasteiger partial charge in [-0.25, -0.2) is 9.78 Å². The Morgan fingerprint density at radius 1 is 1.58 bits per heavy atom. The average molecular weight is 409 g/mol. The highest BCUT2D eigenvalue weighted by Crippen LogP contribution is 2.31. The molecule has 0 fully saturated rings. The van der Waals surface area contributed by atoms with Gasteiger partial charge >= 0.3 is 5.97 Å². The fraction of sp³-hybridized carbons (Fsp3) is 0.100. The Morgan fingerprint density at radius 3 is 2.79 bits per heavy atom. The van der Waals surface area contributed by atoms with Crippen LogP contribution in [-0.2, 0) is 4.79 Å². The number of carbonyl (C=O) groups is 1. The lowest BCUT2D eigenvalue weighted by Gasteiger charge is -1.96. The van der Waals surface area contributed by atoms with Gasteiger partial charge in [0.1, 0.15) is 16.5 Å². The summed E-state index contributed by atoms with van der Waals surface area (Å²) in [5.74, 6) is -0.0391. The van der Waals surface area contributed by atoms with Gasteiger partial charge in [-0.1, -0.05) is 0 Å². The van der Waals surface area contributed by atoms with E-state index in [2.05, 4.69) is 47.0 Å². The van der Waals surface area contributed by atoms with Crippen molar-refractivity contribution in [3.63, 3.8) is 0 Å². The maximum Gasteiger partial charge on any atom is 0.342 e. The van der Waals surface area contributed by atoms with E-state index in [0.717, 1.165) is 11.8 Å². The Morgan fingerprint density at radius 2 is 2.32 bits per heavy atom. The molecule has 2 rings (SSSR count). The van der Waals surface area contributed by atoms with Crippen LogP contribution in [0.15, 0.2) is 29.7 Å². The summed E-state index contributed by atoms with van der Waals surface area (Å²) in [6.07, 6.45) is 1.41. The minimum Gasteiger partial charge on any atom is -0.477 e. The summed E-state index contributed by atoms with van der Waals surface area (Å²) in [4.78, 5) is 15.3. The van der Waals surface area contributed by atoms with Crippen LogP contribution in [-0.4, -0.2) is 26.3 Å². The monoisotopic (exact) mass is 407 g/mol. The maximum atomic E-state index is 11.2. The molecule has 6 nitrogen and oxygen atoms in total. The van der Waals surface area contributed by atoms with Crippen molar-refractivity contribution in [2.75, 3.05) is 0 Å². The van der Waals surface area contributed by atoms with Gasteiger partial charge in [0.2, 0.25) is 5.16 Å². The summed E-state index contributed by atoms with van der Waals surface area (Å²) >= 11 is 7.39. The predicted octanol–water partition coefficient (Wildman–Crippen LogP) is 3.45. The molecule has 0 saturated carbocycles. The lowest BCUT2D eigenvalue weighted by molar-refractivity contribution is -0.131. The molecule has 0 unspecified atom stereocenters. The highest BCUT2D eigenvalue weighted by Gasteiger charge is 2.14. The number of aliphatic carboxylic acids is 1. The number of carboxylic acid groups (broad SMARTS) is 1. The number of nitrogens with zero attached hydrogens (tertiary/aromatic N) is 2. The molecule has 0 amide bonds. The molecular weight excluding hydrogens is 402 g/mol. The van der Waals surface area contributed by atoms with E-state index in [-0.39, 0.29) is 4.91 Å². The topological polar surface area (TPSA) is 92.0 Å². The highest BCUT2D eigenvalue weighted by atomic mass is 79.9. The van der Waals surface area contributed by atoms with Crippen molar-refractivity contribution in [2.24, 2.45) is 0 Å². The van der Waals surface area contributed by atoms with E-state index in [9.17, 15) is 4.79 Å². The van der Waals surface area contributed by atoms with Crippen molar-refractivity contribution < 1.29 is 14.3 Å². The van der Waals surface area contributed by atoms with E-state index in [4.69, 9.17) is 9.52 Å². The molecule has 0 spiro atoms. The Balaban J connectivity index is 2.27. The number of H-pyrrole nitrogens is 1. The molecule has 0 radical (unpaired) electrons. The number of furan rings is 1. The maximum absolute atomic E-state index is 11.2. The summed E-state index contributed by atoms with van der Waals surface area (Å²) < 4.78 is 6.52. The number of thioether (sulfide) groups is 1. The fourth-order valence-electron chi connectivity index (χ4n) is 1.16. The quantitative estimate of drug-likeness (QED) is 0.594. The van der Waals surface area contributed by atoms with E-state index in [1.807, 2.05) is 0 Å². The Bertz CT molecular complexity index is 631. The Kier molecular flexibility index (Phi) is 4.48. The van der Waals surface area contributed by atoms with E-state index in [1.165, 1.54) is 6.08 Å². The van der Waals surface area contributed by atoms with Crippen LogP contribution in [0.2, 0.25) is 0 Å². The first-order valence-electron chi connectivity index (χ1n) is 4.92. The molecule has 0 aliphatic heterocycles. The first kappa shape index (κ1) is 14.4. The summed E-state index contributed by atoms with van der Waals surface area (Å²) in [5, 5.41) is 16.0. The molecule has 2 aromatic heterocycles. The number of aromatic amines is 1. The number of hydrogen-bond acceptors (Lipinski definition) is 5. The number of carboxylic acids is 1. The SMILES string of the molecule is Cc1nc(S/C(=C\c2cc(Br)c(Br)o2)C(=O)O)n[nH]1. The van der Waals surface area contributed by atoms with Gasteiger partial charge in [-0.2, -0.15) is 0 Å². The zero-order chi connectivity index (χ0) is 14.0. The third kappa shape index (κ3) is 3.71. The molecule has 100 valence electrons. The largest absolute Gasteiger partial charge is 0.477 e. The lowest BCUT2D eigenvalue weighted by atomic mass is 10.4. The summed E-state index contributed by atoms with van der Waals surface area (Å²) in [7, 11) is 0. The zero-order valence-corrected chi connectivity index (χ0v) is 13.5. The standard InChI is InChI=1S/C10H7Br2N3O3S/c1-4-13-10(15-14-4)19-7(9(16)17)3-5-2-6(11)8(12)18-5/h2-3H,1H3,(H,16,17)(H,13,14,15)/b7-3-. The molecular formula is C10H7Br2N3O3S. The van der Waals surface area contributed by atoms with Gasteiger partial charge in [0.15, 0.2) is 4.67 Å². The van der Waals surface area contributed by atoms with Crippen molar-refractivity contribution in [3.8, 4) is 0 Å². The van der Waals surface area contributed by atoms with Gasteiger partial charge in [0.05, 0.1) is 4.47 Å². The Hall–Kier alpha value is -1.06. The number of hydrogen-bond donors (Lipinski definition) is 2. The van der Waals surface area contributed by atoms with Crippen LogP contribution in [0.25, 0.3) is 6.08 Å².